The second-order valence-electron chi connectivity index (χ2n) is 8.17. The molecule has 6 heteroatoms. The Morgan fingerprint density at radius 3 is 2.40 bits per heavy atom. The van der Waals surface area contributed by atoms with Gasteiger partial charge in [0.15, 0.2) is 0 Å². The van der Waals surface area contributed by atoms with E-state index < -0.39 is 10.0 Å². The van der Waals surface area contributed by atoms with E-state index in [1.165, 1.54) is 27.8 Å². The average Bonchev–Trinajstić information content (AvgIpc) is 2.79. The lowest BCUT2D eigenvalue weighted by Gasteiger charge is -2.39. The third kappa shape index (κ3) is 4.46. The van der Waals surface area contributed by atoms with Crippen LogP contribution in [0.3, 0.4) is 0 Å². The number of piperidine rings is 1. The Morgan fingerprint density at radius 2 is 1.73 bits per heavy atom. The average molecular weight is 426 g/mol. The van der Waals surface area contributed by atoms with Gasteiger partial charge in [-0.05, 0) is 72.7 Å². The van der Waals surface area contributed by atoms with Gasteiger partial charge < -0.3 is 10.6 Å². The predicted molar refractivity (Wildman–Crippen MR) is 123 cm³/mol. The zero-order valence-corrected chi connectivity index (χ0v) is 18.4. The van der Waals surface area contributed by atoms with Crippen molar-refractivity contribution in [2.45, 2.75) is 38.8 Å². The largest absolute Gasteiger partial charge is 0.370 e. The molecule has 0 aliphatic carbocycles. The third-order valence-electron chi connectivity index (χ3n) is 6.32. The molecular formula is C24H31N3O2S. The number of nitrogens with zero attached hydrogens (tertiary/aromatic N) is 2. The minimum Gasteiger partial charge on any atom is -0.370 e. The first kappa shape index (κ1) is 21.1. The zero-order chi connectivity index (χ0) is 21.1. The molecule has 2 N–H and O–H groups in total. The molecule has 2 aliphatic rings. The van der Waals surface area contributed by atoms with Crippen LogP contribution in [0.15, 0.2) is 48.7 Å². The third-order valence-corrected chi connectivity index (χ3v) is 8.20. The molecule has 0 saturated carbocycles. The second-order valence-corrected chi connectivity index (χ2v) is 10.4. The van der Waals surface area contributed by atoms with Crippen LogP contribution in [0.2, 0.25) is 0 Å². The Hall–Kier alpha value is -2.15. The number of benzene rings is 2. The number of hydrogen-bond acceptors (Lipinski definition) is 4. The Labute approximate surface area is 180 Å². The van der Waals surface area contributed by atoms with Gasteiger partial charge >= 0.3 is 0 Å². The molecule has 160 valence electrons. The van der Waals surface area contributed by atoms with E-state index in [0.717, 1.165) is 25.8 Å². The molecule has 2 aliphatic heterocycles. The van der Waals surface area contributed by atoms with E-state index in [0.29, 0.717) is 25.7 Å². The summed E-state index contributed by atoms with van der Waals surface area (Å²) in [5.41, 5.74) is 11.9. The van der Waals surface area contributed by atoms with Crippen molar-refractivity contribution in [2.75, 3.05) is 25.4 Å². The number of sulfonamides is 1. The molecule has 0 radical (unpaired) electrons. The lowest BCUT2D eigenvalue weighted by atomic mass is 9.95. The van der Waals surface area contributed by atoms with Crippen molar-refractivity contribution in [1.29, 1.82) is 0 Å². The lowest BCUT2D eigenvalue weighted by molar-refractivity contribution is 0.183. The van der Waals surface area contributed by atoms with Crippen LogP contribution in [-0.2, 0) is 23.0 Å². The Bertz CT molecular complexity index is 1010. The topological polar surface area (TPSA) is 66.6 Å². The van der Waals surface area contributed by atoms with Crippen molar-refractivity contribution < 1.29 is 8.42 Å². The molecule has 0 bridgehead atoms. The van der Waals surface area contributed by atoms with E-state index in [9.17, 15) is 8.42 Å². The first-order chi connectivity index (χ1) is 14.5. The van der Waals surface area contributed by atoms with Gasteiger partial charge in [-0.1, -0.05) is 36.4 Å². The van der Waals surface area contributed by atoms with E-state index in [1.54, 1.807) is 11.2 Å². The number of hydrogen-bond donors (Lipinski definition) is 1. The molecular weight excluding hydrogens is 394 g/mol. The molecule has 5 nitrogen and oxygen atoms in total. The zero-order valence-electron chi connectivity index (χ0n) is 17.6. The lowest BCUT2D eigenvalue weighted by Crippen LogP contribution is -2.45. The summed E-state index contributed by atoms with van der Waals surface area (Å²) in [6, 6.07) is 15.7. The van der Waals surface area contributed by atoms with E-state index in [2.05, 4.69) is 59.6 Å². The number of fused-ring (bicyclic) bond motifs is 1. The summed E-state index contributed by atoms with van der Waals surface area (Å²) in [5.74, 6) is 0.187. The molecule has 0 atom stereocenters. The van der Waals surface area contributed by atoms with Crippen molar-refractivity contribution in [2.24, 2.45) is 5.73 Å². The van der Waals surface area contributed by atoms with Crippen LogP contribution < -0.4 is 5.73 Å². The van der Waals surface area contributed by atoms with Crippen LogP contribution >= 0.6 is 0 Å². The summed E-state index contributed by atoms with van der Waals surface area (Å²) in [5, 5.41) is 0. The summed E-state index contributed by atoms with van der Waals surface area (Å²) in [7, 11) is -3.07. The quantitative estimate of drug-likeness (QED) is 0.770. The molecule has 0 spiro atoms. The van der Waals surface area contributed by atoms with Crippen molar-refractivity contribution in [3.05, 3.63) is 65.4 Å². The molecule has 0 unspecified atom stereocenters. The standard InChI is InChI=1S/C24H31N3O2S/c1-2-30(28,29)27-15-11-24(12-16-27)26-14-10-22-17-21(7-8-23(22)18-26)20-5-3-19(4-6-20)9-13-25/h3-8,10,14,17,24H,2,9,11-13,15-16,18,25H2,1H3. The van der Waals surface area contributed by atoms with Crippen LogP contribution in [-0.4, -0.2) is 49.1 Å². The molecule has 30 heavy (non-hydrogen) atoms. The summed E-state index contributed by atoms with van der Waals surface area (Å²) in [6.45, 7) is 4.52. The second kappa shape index (κ2) is 8.92. The maximum atomic E-state index is 12.1. The SMILES string of the molecule is CCS(=O)(=O)N1CCC(N2C=Cc3cc(-c4ccc(CCN)cc4)ccc3C2)CC1. The van der Waals surface area contributed by atoms with E-state index in [1.807, 2.05) is 0 Å². The first-order valence-corrected chi connectivity index (χ1v) is 12.4. The minimum atomic E-state index is -3.07. The van der Waals surface area contributed by atoms with Gasteiger partial charge in [0.1, 0.15) is 0 Å². The maximum Gasteiger partial charge on any atom is 0.213 e. The fourth-order valence-electron chi connectivity index (χ4n) is 4.41. The van der Waals surface area contributed by atoms with Crippen molar-refractivity contribution in [1.82, 2.24) is 9.21 Å². The van der Waals surface area contributed by atoms with Crippen LogP contribution in [0, 0.1) is 0 Å². The molecule has 0 aromatic heterocycles. The van der Waals surface area contributed by atoms with Crippen molar-refractivity contribution >= 4 is 16.1 Å². The molecule has 2 heterocycles. The molecule has 2 aromatic carbocycles. The van der Waals surface area contributed by atoms with Gasteiger partial charge in [0.2, 0.25) is 10.0 Å². The Balaban J connectivity index is 1.43. The highest BCUT2D eigenvalue weighted by molar-refractivity contribution is 7.89. The summed E-state index contributed by atoms with van der Waals surface area (Å²) in [6.07, 6.45) is 7.05. The predicted octanol–water partition coefficient (Wildman–Crippen LogP) is 3.46. The molecule has 2 aromatic rings. The monoisotopic (exact) mass is 425 g/mol. The molecule has 4 rings (SSSR count). The normalized spacial score (nSPS) is 17.9. The van der Waals surface area contributed by atoms with E-state index in [4.69, 9.17) is 5.73 Å². The van der Waals surface area contributed by atoms with Crippen LogP contribution in [0.25, 0.3) is 17.2 Å². The highest BCUT2D eigenvalue weighted by Crippen LogP contribution is 2.30. The first-order valence-electron chi connectivity index (χ1n) is 10.8. The molecule has 1 fully saturated rings. The van der Waals surface area contributed by atoms with Gasteiger partial charge in [-0.15, -0.1) is 0 Å². The summed E-state index contributed by atoms with van der Waals surface area (Å²) < 4.78 is 25.8. The summed E-state index contributed by atoms with van der Waals surface area (Å²) in [4.78, 5) is 2.37. The van der Waals surface area contributed by atoms with Gasteiger partial charge in [0.05, 0.1) is 5.75 Å². The van der Waals surface area contributed by atoms with E-state index >= 15 is 0 Å². The fraction of sp³-hybridized carbons (Fsp3) is 0.417. The van der Waals surface area contributed by atoms with Crippen LogP contribution in [0.4, 0.5) is 0 Å². The highest BCUT2D eigenvalue weighted by atomic mass is 32.2. The fourth-order valence-corrected chi connectivity index (χ4v) is 5.55. The number of nitrogens with two attached hydrogens (primary N) is 1. The van der Waals surface area contributed by atoms with Gasteiger partial charge in [-0.3, -0.25) is 0 Å². The van der Waals surface area contributed by atoms with Crippen molar-refractivity contribution in [3.8, 4) is 11.1 Å². The van der Waals surface area contributed by atoms with Gasteiger partial charge in [-0.25, -0.2) is 12.7 Å². The maximum absolute atomic E-state index is 12.1. The summed E-state index contributed by atoms with van der Waals surface area (Å²) >= 11 is 0. The van der Waals surface area contributed by atoms with Crippen LogP contribution in [0.5, 0.6) is 0 Å². The van der Waals surface area contributed by atoms with Crippen molar-refractivity contribution in [3.63, 3.8) is 0 Å². The van der Waals surface area contributed by atoms with Gasteiger partial charge in [0.25, 0.3) is 0 Å². The van der Waals surface area contributed by atoms with Gasteiger partial charge in [-0.2, -0.15) is 0 Å². The number of rotatable bonds is 6. The highest BCUT2D eigenvalue weighted by Gasteiger charge is 2.29. The Morgan fingerprint density at radius 1 is 1.03 bits per heavy atom. The Kier molecular flexibility index (Phi) is 6.27. The smallest absolute Gasteiger partial charge is 0.213 e. The van der Waals surface area contributed by atoms with Crippen LogP contribution in [0.1, 0.15) is 36.5 Å². The minimum absolute atomic E-state index is 0.187. The van der Waals surface area contributed by atoms with Gasteiger partial charge in [0, 0.05) is 31.9 Å². The molecule has 1 saturated heterocycles. The molecule has 0 amide bonds. The van der Waals surface area contributed by atoms with E-state index in [-0.39, 0.29) is 5.75 Å².